The molecule has 1 aliphatic rings. The van der Waals surface area contributed by atoms with Gasteiger partial charge in [0, 0.05) is 36.8 Å². The number of thiazole rings is 1. The van der Waals surface area contributed by atoms with Gasteiger partial charge in [-0.25, -0.2) is 9.97 Å². The Balaban J connectivity index is 1.54. The first-order chi connectivity index (χ1) is 10.9. The van der Waals surface area contributed by atoms with Gasteiger partial charge in [0.25, 0.3) is 0 Å². The van der Waals surface area contributed by atoms with Gasteiger partial charge in [-0.3, -0.25) is 0 Å². The third-order valence-corrected chi connectivity index (χ3v) is 4.91. The van der Waals surface area contributed by atoms with Gasteiger partial charge >= 0.3 is 0 Å². The molecule has 1 saturated heterocycles. The lowest BCUT2D eigenvalue weighted by molar-refractivity contribution is 0.101. The molecule has 1 fully saturated rings. The lowest BCUT2D eigenvalue weighted by Crippen LogP contribution is -2.36. The van der Waals surface area contributed by atoms with Crippen molar-refractivity contribution in [1.29, 1.82) is 0 Å². The highest BCUT2D eigenvalue weighted by Gasteiger charge is 2.23. The molecule has 0 spiro atoms. The quantitative estimate of drug-likeness (QED) is 0.736. The van der Waals surface area contributed by atoms with Crippen molar-refractivity contribution in [2.24, 2.45) is 0 Å². The van der Waals surface area contributed by atoms with Gasteiger partial charge in [-0.1, -0.05) is 0 Å². The van der Waals surface area contributed by atoms with E-state index in [1.165, 1.54) is 18.7 Å². The van der Waals surface area contributed by atoms with E-state index in [2.05, 4.69) is 31.0 Å². The number of ether oxygens (including phenoxy) is 1. The Kier molecular flexibility index (Phi) is 5.58. The number of nitrogens with zero attached hydrogens (tertiary/aromatic N) is 4. The summed E-state index contributed by atoms with van der Waals surface area (Å²) < 4.78 is 7.71. The number of aromatic nitrogens is 3. The molecule has 0 unspecified atom stereocenters. The third kappa shape index (κ3) is 3.94. The second-order valence-electron chi connectivity index (χ2n) is 5.71. The largest absolute Gasteiger partial charge is 0.380 e. The standard InChI is InChI=1S/C16H24N4OS/c1-2-21-10-9-19-6-3-14(4-7-19)16-17-5-8-20(16)11-15-12-22-13-18-15/h5,8,12-14H,2-4,6-7,9-11H2,1H3. The van der Waals surface area contributed by atoms with Crippen LogP contribution >= 0.6 is 11.3 Å². The summed E-state index contributed by atoms with van der Waals surface area (Å²) in [5, 5.41) is 2.11. The first-order valence-electron chi connectivity index (χ1n) is 8.05. The van der Waals surface area contributed by atoms with E-state index >= 15 is 0 Å². The fourth-order valence-corrected chi connectivity index (χ4v) is 3.61. The molecule has 6 heteroatoms. The van der Waals surface area contributed by atoms with Crippen molar-refractivity contribution in [3.8, 4) is 0 Å². The zero-order chi connectivity index (χ0) is 15.2. The molecule has 0 saturated carbocycles. The first kappa shape index (κ1) is 15.6. The summed E-state index contributed by atoms with van der Waals surface area (Å²) >= 11 is 1.65. The Morgan fingerprint density at radius 3 is 2.91 bits per heavy atom. The van der Waals surface area contributed by atoms with Crippen molar-refractivity contribution >= 4 is 11.3 Å². The Morgan fingerprint density at radius 1 is 1.32 bits per heavy atom. The second-order valence-corrected chi connectivity index (χ2v) is 6.42. The zero-order valence-corrected chi connectivity index (χ0v) is 14.0. The van der Waals surface area contributed by atoms with Crippen LogP contribution in [0.1, 0.15) is 37.2 Å². The van der Waals surface area contributed by atoms with Crippen LogP contribution in [-0.2, 0) is 11.3 Å². The average molecular weight is 320 g/mol. The van der Waals surface area contributed by atoms with Crippen LogP contribution in [0.2, 0.25) is 0 Å². The van der Waals surface area contributed by atoms with Gasteiger partial charge in [-0.15, -0.1) is 11.3 Å². The monoisotopic (exact) mass is 320 g/mol. The molecule has 2 aromatic heterocycles. The minimum atomic E-state index is 0.567. The summed E-state index contributed by atoms with van der Waals surface area (Å²) in [5.41, 5.74) is 3.02. The number of hydrogen-bond donors (Lipinski definition) is 0. The van der Waals surface area contributed by atoms with Crippen molar-refractivity contribution in [2.75, 3.05) is 32.8 Å². The van der Waals surface area contributed by atoms with Crippen molar-refractivity contribution in [2.45, 2.75) is 32.2 Å². The van der Waals surface area contributed by atoms with Crippen LogP contribution in [0.4, 0.5) is 0 Å². The maximum absolute atomic E-state index is 5.45. The van der Waals surface area contributed by atoms with Crippen molar-refractivity contribution in [1.82, 2.24) is 19.4 Å². The fourth-order valence-electron chi connectivity index (χ4n) is 3.06. The molecule has 1 aliphatic heterocycles. The van der Waals surface area contributed by atoms with Crippen molar-refractivity contribution in [3.63, 3.8) is 0 Å². The molecular weight excluding hydrogens is 296 g/mol. The van der Waals surface area contributed by atoms with E-state index < -0.39 is 0 Å². The number of hydrogen-bond acceptors (Lipinski definition) is 5. The Labute approximate surface area is 136 Å². The summed E-state index contributed by atoms with van der Waals surface area (Å²) in [6.45, 7) is 7.87. The highest BCUT2D eigenvalue weighted by molar-refractivity contribution is 7.07. The van der Waals surface area contributed by atoms with E-state index in [1.807, 2.05) is 18.6 Å². The lowest BCUT2D eigenvalue weighted by atomic mass is 9.96. The molecule has 2 aromatic rings. The molecule has 0 amide bonds. The predicted octanol–water partition coefficient (Wildman–Crippen LogP) is 2.60. The van der Waals surface area contributed by atoms with Crippen LogP contribution in [0.3, 0.4) is 0 Å². The molecule has 3 heterocycles. The summed E-state index contributed by atoms with van der Waals surface area (Å²) in [6.07, 6.45) is 6.36. The zero-order valence-electron chi connectivity index (χ0n) is 13.1. The van der Waals surface area contributed by atoms with Gasteiger partial charge in [0.2, 0.25) is 0 Å². The second kappa shape index (κ2) is 7.85. The maximum Gasteiger partial charge on any atom is 0.112 e. The topological polar surface area (TPSA) is 43.2 Å². The highest BCUT2D eigenvalue weighted by Crippen LogP contribution is 2.27. The minimum Gasteiger partial charge on any atom is -0.380 e. The van der Waals surface area contributed by atoms with Crippen LogP contribution in [0.15, 0.2) is 23.3 Å². The molecule has 0 aromatic carbocycles. The minimum absolute atomic E-state index is 0.567. The fraction of sp³-hybridized carbons (Fsp3) is 0.625. The van der Waals surface area contributed by atoms with E-state index in [4.69, 9.17) is 4.74 Å². The van der Waals surface area contributed by atoms with Crippen molar-refractivity contribution < 1.29 is 4.74 Å². The Bertz CT molecular complexity index is 546. The Hall–Kier alpha value is -1.24. The molecule has 3 rings (SSSR count). The van der Waals surface area contributed by atoms with Gasteiger partial charge < -0.3 is 14.2 Å². The molecule has 120 valence electrons. The van der Waals surface area contributed by atoms with E-state index in [0.29, 0.717) is 5.92 Å². The predicted molar refractivity (Wildman–Crippen MR) is 88.4 cm³/mol. The van der Waals surface area contributed by atoms with E-state index in [1.54, 1.807) is 11.3 Å². The van der Waals surface area contributed by atoms with Crippen LogP contribution in [-0.4, -0.2) is 52.3 Å². The Morgan fingerprint density at radius 2 is 2.18 bits per heavy atom. The van der Waals surface area contributed by atoms with E-state index in [0.717, 1.165) is 45.1 Å². The highest BCUT2D eigenvalue weighted by atomic mass is 32.1. The van der Waals surface area contributed by atoms with Crippen LogP contribution in [0, 0.1) is 0 Å². The maximum atomic E-state index is 5.45. The van der Waals surface area contributed by atoms with Gasteiger partial charge in [0.05, 0.1) is 24.4 Å². The third-order valence-electron chi connectivity index (χ3n) is 4.27. The molecule has 0 N–H and O–H groups in total. The number of imidazole rings is 1. The summed E-state index contributed by atoms with van der Waals surface area (Å²) in [7, 11) is 0. The summed E-state index contributed by atoms with van der Waals surface area (Å²) in [4.78, 5) is 11.5. The average Bonchev–Trinajstić information content (AvgIpc) is 3.21. The molecule has 0 atom stereocenters. The van der Waals surface area contributed by atoms with Gasteiger partial charge in [0.1, 0.15) is 5.82 Å². The molecule has 22 heavy (non-hydrogen) atoms. The van der Waals surface area contributed by atoms with Crippen LogP contribution in [0.25, 0.3) is 0 Å². The molecule has 0 aliphatic carbocycles. The lowest BCUT2D eigenvalue weighted by Gasteiger charge is -2.31. The number of piperidine rings is 1. The van der Waals surface area contributed by atoms with Gasteiger partial charge in [-0.05, 0) is 32.9 Å². The van der Waals surface area contributed by atoms with Gasteiger partial charge in [-0.2, -0.15) is 0 Å². The summed E-state index contributed by atoms with van der Waals surface area (Å²) in [6, 6.07) is 0. The molecule has 0 radical (unpaired) electrons. The van der Waals surface area contributed by atoms with Crippen molar-refractivity contribution in [3.05, 3.63) is 34.8 Å². The normalized spacial score (nSPS) is 17.1. The van der Waals surface area contributed by atoms with Crippen LogP contribution in [0.5, 0.6) is 0 Å². The van der Waals surface area contributed by atoms with Crippen LogP contribution < -0.4 is 0 Å². The first-order valence-corrected chi connectivity index (χ1v) is 8.99. The molecule has 5 nitrogen and oxygen atoms in total. The smallest absolute Gasteiger partial charge is 0.112 e. The molecule has 0 bridgehead atoms. The SMILES string of the molecule is CCOCCN1CCC(c2nccn2Cc2cscn2)CC1. The van der Waals surface area contributed by atoms with E-state index in [-0.39, 0.29) is 0 Å². The number of likely N-dealkylation sites (tertiary alicyclic amines) is 1. The number of rotatable bonds is 7. The van der Waals surface area contributed by atoms with E-state index in [9.17, 15) is 0 Å². The molecular formula is C16H24N4OS. The van der Waals surface area contributed by atoms with Gasteiger partial charge in [0.15, 0.2) is 0 Å². The summed E-state index contributed by atoms with van der Waals surface area (Å²) in [5.74, 6) is 1.79.